The van der Waals surface area contributed by atoms with E-state index in [0.29, 0.717) is 5.41 Å². The van der Waals surface area contributed by atoms with Gasteiger partial charge in [-0.3, -0.25) is 0 Å². The van der Waals surface area contributed by atoms with Crippen molar-refractivity contribution in [1.29, 1.82) is 0 Å². The second kappa shape index (κ2) is 7.68. The summed E-state index contributed by atoms with van der Waals surface area (Å²) in [5.74, 6) is 5.97. The van der Waals surface area contributed by atoms with E-state index in [4.69, 9.17) is 0 Å². The molecular weight excluding hydrogens is 352 g/mol. The molecule has 0 aromatic carbocycles. The van der Waals surface area contributed by atoms with E-state index in [9.17, 15) is 5.11 Å². The lowest BCUT2D eigenvalue weighted by atomic mass is 9.44. The van der Waals surface area contributed by atoms with Crippen LogP contribution in [0.3, 0.4) is 0 Å². The number of hydrogen-bond acceptors (Lipinski definition) is 1. The van der Waals surface area contributed by atoms with Gasteiger partial charge in [0.1, 0.15) is 0 Å². The number of allylic oxidation sites excluding steroid dienone is 1. The van der Waals surface area contributed by atoms with Crippen LogP contribution in [0, 0.1) is 52.3 Å². The molecule has 4 aliphatic carbocycles. The molecule has 29 heavy (non-hydrogen) atoms. The molecule has 9 atom stereocenters. The van der Waals surface area contributed by atoms with E-state index in [1.807, 2.05) is 0 Å². The van der Waals surface area contributed by atoms with Gasteiger partial charge in [0.2, 0.25) is 0 Å². The summed E-state index contributed by atoms with van der Waals surface area (Å²) in [5, 5.41) is 11.5. The van der Waals surface area contributed by atoms with Crippen LogP contribution in [-0.2, 0) is 0 Å². The Morgan fingerprint density at radius 2 is 1.66 bits per heavy atom. The highest BCUT2D eigenvalue weighted by Crippen LogP contribution is 2.68. The van der Waals surface area contributed by atoms with Gasteiger partial charge in [0.05, 0.1) is 5.60 Å². The topological polar surface area (TPSA) is 20.2 Å². The highest BCUT2D eigenvalue weighted by atomic mass is 16.3. The lowest BCUT2D eigenvalue weighted by Crippen LogP contribution is -2.60. The Balaban J connectivity index is 1.49. The fraction of sp³-hybridized carbons (Fsp3) is 0.929. The SMILES string of the molecule is CC(C)[C@@H](C)CC[C@@H](C)[C@H]1CC[C@H]2[C@@H]3CC[C@]4(O)C=CCC[C@]4(C)[C@H]3CC[C@]12C. The molecule has 0 saturated heterocycles. The first-order valence-corrected chi connectivity index (χ1v) is 13.0. The summed E-state index contributed by atoms with van der Waals surface area (Å²) in [7, 11) is 0. The van der Waals surface area contributed by atoms with Crippen molar-refractivity contribution in [3.05, 3.63) is 12.2 Å². The lowest BCUT2D eigenvalue weighted by Gasteiger charge is -2.62. The summed E-state index contributed by atoms with van der Waals surface area (Å²) in [6.45, 7) is 14.9. The zero-order chi connectivity index (χ0) is 21.0. The fourth-order valence-corrected chi connectivity index (χ4v) is 8.85. The maximum Gasteiger partial charge on any atom is 0.0883 e. The summed E-state index contributed by atoms with van der Waals surface area (Å²) in [6.07, 6.45) is 17.6. The molecule has 0 heterocycles. The molecule has 0 aromatic heterocycles. The highest BCUT2D eigenvalue weighted by Gasteiger charge is 2.63. The van der Waals surface area contributed by atoms with Crippen LogP contribution in [-0.4, -0.2) is 10.7 Å². The van der Waals surface area contributed by atoms with Gasteiger partial charge >= 0.3 is 0 Å². The molecule has 3 fully saturated rings. The summed E-state index contributed by atoms with van der Waals surface area (Å²) in [4.78, 5) is 0. The second-order valence-corrected chi connectivity index (χ2v) is 12.7. The van der Waals surface area contributed by atoms with Gasteiger partial charge in [-0.1, -0.05) is 66.5 Å². The molecule has 166 valence electrons. The van der Waals surface area contributed by atoms with Crippen molar-refractivity contribution >= 4 is 0 Å². The van der Waals surface area contributed by atoms with Gasteiger partial charge in [0.15, 0.2) is 0 Å². The Labute approximate surface area is 181 Å². The maximum atomic E-state index is 11.5. The average Bonchev–Trinajstić information content (AvgIpc) is 3.03. The van der Waals surface area contributed by atoms with Crippen LogP contribution in [0.2, 0.25) is 0 Å². The van der Waals surface area contributed by atoms with Crippen molar-refractivity contribution in [3.8, 4) is 0 Å². The van der Waals surface area contributed by atoms with E-state index in [1.54, 1.807) is 0 Å². The van der Waals surface area contributed by atoms with Crippen LogP contribution in [0.4, 0.5) is 0 Å². The molecule has 1 nitrogen and oxygen atoms in total. The number of aliphatic hydroxyl groups is 1. The van der Waals surface area contributed by atoms with Crippen molar-refractivity contribution in [1.82, 2.24) is 0 Å². The standard InChI is InChI=1S/C28H48O/c1-19(2)20(3)9-10-21(4)23-11-12-24-22-13-18-28(29)16-8-7-15-27(28,6)25(22)14-17-26(23,24)5/h8,16,19-25,29H,7,9-15,17-18H2,1-6H3/t20-,21+,22-,23+,24-,25-,26+,27+,28+/m0/s1. The van der Waals surface area contributed by atoms with Crippen LogP contribution in [0.1, 0.15) is 106 Å². The average molecular weight is 401 g/mol. The number of fused-ring (bicyclic) bond motifs is 5. The van der Waals surface area contributed by atoms with E-state index in [-0.39, 0.29) is 5.41 Å². The smallest absolute Gasteiger partial charge is 0.0883 e. The molecule has 0 amide bonds. The summed E-state index contributed by atoms with van der Waals surface area (Å²) < 4.78 is 0. The van der Waals surface area contributed by atoms with E-state index in [0.717, 1.165) is 54.3 Å². The van der Waals surface area contributed by atoms with Crippen molar-refractivity contribution < 1.29 is 5.11 Å². The monoisotopic (exact) mass is 400 g/mol. The van der Waals surface area contributed by atoms with Crippen molar-refractivity contribution in [2.75, 3.05) is 0 Å². The highest BCUT2D eigenvalue weighted by molar-refractivity contribution is 5.21. The summed E-state index contributed by atoms with van der Waals surface area (Å²) >= 11 is 0. The van der Waals surface area contributed by atoms with Gasteiger partial charge in [0.25, 0.3) is 0 Å². The molecule has 1 N–H and O–H groups in total. The molecular formula is C28H48O. The predicted octanol–water partition coefficient (Wildman–Crippen LogP) is 7.63. The molecule has 0 unspecified atom stereocenters. The minimum Gasteiger partial charge on any atom is -0.385 e. The molecule has 0 radical (unpaired) electrons. The van der Waals surface area contributed by atoms with E-state index in [1.165, 1.54) is 51.4 Å². The van der Waals surface area contributed by atoms with Gasteiger partial charge in [-0.05, 0) is 98.2 Å². The van der Waals surface area contributed by atoms with Crippen molar-refractivity contribution in [2.24, 2.45) is 52.3 Å². The van der Waals surface area contributed by atoms with Crippen LogP contribution >= 0.6 is 0 Å². The quantitative estimate of drug-likeness (QED) is 0.470. The summed E-state index contributed by atoms with van der Waals surface area (Å²) in [6, 6.07) is 0. The zero-order valence-corrected chi connectivity index (χ0v) is 20.2. The number of hydrogen-bond donors (Lipinski definition) is 1. The molecule has 4 aliphatic rings. The number of rotatable bonds is 5. The first-order chi connectivity index (χ1) is 13.6. The van der Waals surface area contributed by atoms with Gasteiger partial charge in [-0.25, -0.2) is 0 Å². The fourth-order valence-electron chi connectivity index (χ4n) is 8.85. The Bertz CT molecular complexity index is 622. The minimum atomic E-state index is -0.529. The predicted molar refractivity (Wildman–Crippen MR) is 124 cm³/mol. The van der Waals surface area contributed by atoms with Gasteiger partial charge in [-0.2, -0.15) is 0 Å². The van der Waals surface area contributed by atoms with Gasteiger partial charge in [0, 0.05) is 5.41 Å². The molecule has 0 aliphatic heterocycles. The Morgan fingerprint density at radius 3 is 2.38 bits per heavy atom. The van der Waals surface area contributed by atoms with Crippen molar-refractivity contribution in [3.63, 3.8) is 0 Å². The van der Waals surface area contributed by atoms with Crippen molar-refractivity contribution in [2.45, 2.75) is 111 Å². The Kier molecular flexibility index (Phi) is 5.81. The Morgan fingerprint density at radius 1 is 0.897 bits per heavy atom. The normalized spacial score (nSPS) is 48.7. The first-order valence-electron chi connectivity index (χ1n) is 13.0. The third kappa shape index (κ3) is 3.37. The molecule has 4 rings (SSSR count). The van der Waals surface area contributed by atoms with E-state index < -0.39 is 5.60 Å². The largest absolute Gasteiger partial charge is 0.385 e. The Hall–Kier alpha value is -0.300. The molecule has 0 bridgehead atoms. The lowest BCUT2D eigenvalue weighted by molar-refractivity contribution is -0.171. The second-order valence-electron chi connectivity index (χ2n) is 12.7. The van der Waals surface area contributed by atoms with Crippen LogP contribution in [0.5, 0.6) is 0 Å². The summed E-state index contributed by atoms with van der Waals surface area (Å²) in [5.41, 5.74) is 0.138. The maximum absolute atomic E-state index is 11.5. The van der Waals surface area contributed by atoms with Crippen LogP contribution < -0.4 is 0 Å². The molecule has 3 saturated carbocycles. The zero-order valence-electron chi connectivity index (χ0n) is 20.2. The van der Waals surface area contributed by atoms with Gasteiger partial charge < -0.3 is 5.11 Å². The van der Waals surface area contributed by atoms with Crippen LogP contribution in [0.25, 0.3) is 0 Å². The van der Waals surface area contributed by atoms with Gasteiger partial charge in [-0.15, -0.1) is 0 Å². The molecule has 0 aromatic rings. The van der Waals surface area contributed by atoms with E-state index >= 15 is 0 Å². The first kappa shape index (κ1) is 21.9. The third-order valence-electron chi connectivity index (χ3n) is 11.3. The molecule has 0 spiro atoms. The third-order valence-corrected chi connectivity index (χ3v) is 11.3. The van der Waals surface area contributed by atoms with E-state index in [2.05, 4.69) is 53.7 Å². The minimum absolute atomic E-state index is 0.113. The van der Waals surface area contributed by atoms with Crippen LogP contribution in [0.15, 0.2) is 12.2 Å². The molecule has 1 heteroatoms.